The third kappa shape index (κ3) is 4.49. The Bertz CT molecular complexity index is 307. The molecule has 1 heterocycles. The highest BCUT2D eigenvalue weighted by molar-refractivity contribution is 5.89. The largest absolute Gasteiger partial charge is 0.354 e. The zero-order valence-corrected chi connectivity index (χ0v) is 12.2. The van der Waals surface area contributed by atoms with Crippen LogP contribution < -0.4 is 11.1 Å². The van der Waals surface area contributed by atoms with Crippen LogP contribution in [0, 0.1) is 0 Å². The van der Waals surface area contributed by atoms with Gasteiger partial charge in [-0.3, -0.25) is 9.59 Å². The van der Waals surface area contributed by atoms with Crippen LogP contribution in [-0.2, 0) is 9.59 Å². The maximum atomic E-state index is 12.2. The number of rotatable bonds is 6. The van der Waals surface area contributed by atoms with E-state index in [1.807, 2.05) is 6.92 Å². The van der Waals surface area contributed by atoms with Crippen LogP contribution in [0.1, 0.15) is 52.4 Å². The second-order valence-electron chi connectivity index (χ2n) is 5.20. The summed E-state index contributed by atoms with van der Waals surface area (Å²) >= 11 is 0. The lowest BCUT2D eigenvalue weighted by Gasteiger charge is -2.36. The summed E-state index contributed by atoms with van der Waals surface area (Å²) < 4.78 is 0. The van der Waals surface area contributed by atoms with Crippen molar-refractivity contribution in [3.05, 3.63) is 0 Å². The van der Waals surface area contributed by atoms with Crippen LogP contribution in [0.3, 0.4) is 0 Å². The molecule has 0 spiro atoms. The van der Waals surface area contributed by atoms with Gasteiger partial charge in [-0.25, -0.2) is 0 Å². The number of nitrogens with one attached hydrogen (secondary N) is 1. The normalized spacial score (nSPS) is 21.0. The second kappa shape index (κ2) is 8.15. The number of carbonyl (C=O) groups is 2. The first-order valence-electron chi connectivity index (χ1n) is 7.45. The van der Waals surface area contributed by atoms with Crippen molar-refractivity contribution in [2.75, 3.05) is 13.1 Å². The molecule has 3 N–H and O–H groups in total. The molecule has 2 atom stereocenters. The van der Waals surface area contributed by atoms with Gasteiger partial charge in [0, 0.05) is 13.1 Å². The number of piperidine rings is 1. The molecular weight excluding hydrogens is 242 g/mol. The van der Waals surface area contributed by atoms with Crippen LogP contribution in [0.5, 0.6) is 0 Å². The number of likely N-dealkylation sites (tertiary alicyclic amines) is 1. The van der Waals surface area contributed by atoms with Crippen molar-refractivity contribution < 1.29 is 9.59 Å². The Morgan fingerprint density at radius 2 is 2.11 bits per heavy atom. The molecule has 0 aromatic carbocycles. The highest BCUT2D eigenvalue weighted by atomic mass is 16.2. The van der Waals surface area contributed by atoms with E-state index >= 15 is 0 Å². The van der Waals surface area contributed by atoms with Crippen molar-refractivity contribution in [1.82, 2.24) is 10.2 Å². The molecular formula is C14H27N3O2. The fourth-order valence-corrected chi connectivity index (χ4v) is 2.36. The molecule has 0 saturated carbocycles. The van der Waals surface area contributed by atoms with E-state index < -0.39 is 6.04 Å². The van der Waals surface area contributed by atoms with E-state index in [1.54, 1.807) is 4.90 Å². The molecule has 1 rings (SSSR count). The Hall–Kier alpha value is -1.10. The van der Waals surface area contributed by atoms with Gasteiger partial charge < -0.3 is 16.0 Å². The summed E-state index contributed by atoms with van der Waals surface area (Å²) in [4.78, 5) is 26.0. The summed E-state index contributed by atoms with van der Waals surface area (Å²) in [5, 5.41) is 2.92. The summed E-state index contributed by atoms with van der Waals surface area (Å²) in [5.41, 5.74) is 5.81. The van der Waals surface area contributed by atoms with Gasteiger partial charge in [0.1, 0.15) is 6.04 Å². The minimum atomic E-state index is -0.482. The fraction of sp³-hybridized carbons (Fsp3) is 0.857. The van der Waals surface area contributed by atoms with Gasteiger partial charge in [0.05, 0.1) is 6.04 Å². The second-order valence-corrected chi connectivity index (χ2v) is 5.20. The number of carbonyl (C=O) groups excluding carboxylic acids is 2. The molecule has 0 aromatic heterocycles. The van der Waals surface area contributed by atoms with E-state index in [0.29, 0.717) is 19.5 Å². The summed E-state index contributed by atoms with van der Waals surface area (Å²) in [6, 6.07) is -0.806. The van der Waals surface area contributed by atoms with E-state index in [0.717, 1.165) is 32.1 Å². The smallest absolute Gasteiger partial charge is 0.242 e. The molecule has 5 heteroatoms. The van der Waals surface area contributed by atoms with Crippen LogP contribution >= 0.6 is 0 Å². The average molecular weight is 269 g/mol. The number of hydrogen-bond donors (Lipinski definition) is 2. The first-order chi connectivity index (χ1) is 9.11. The Kier molecular flexibility index (Phi) is 6.84. The maximum absolute atomic E-state index is 12.2. The predicted octanol–water partition coefficient (Wildman–Crippen LogP) is 1.02. The molecule has 0 aliphatic carbocycles. The molecule has 2 amide bonds. The molecule has 1 fully saturated rings. The molecule has 19 heavy (non-hydrogen) atoms. The molecule has 1 aliphatic rings. The molecule has 0 unspecified atom stereocenters. The molecule has 0 aromatic rings. The Labute approximate surface area is 115 Å². The highest BCUT2D eigenvalue weighted by Crippen LogP contribution is 2.18. The number of hydrogen-bond acceptors (Lipinski definition) is 3. The third-order valence-electron chi connectivity index (χ3n) is 3.68. The lowest BCUT2D eigenvalue weighted by molar-refractivity contribution is -0.143. The number of amides is 2. The van der Waals surface area contributed by atoms with E-state index in [1.165, 1.54) is 0 Å². The van der Waals surface area contributed by atoms with Crippen molar-refractivity contribution in [2.24, 2.45) is 5.73 Å². The van der Waals surface area contributed by atoms with Gasteiger partial charge >= 0.3 is 0 Å². The lowest BCUT2D eigenvalue weighted by Crippen LogP contribution is -2.56. The summed E-state index contributed by atoms with van der Waals surface area (Å²) in [7, 11) is 0. The number of nitrogens with two attached hydrogens (primary N) is 1. The average Bonchev–Trinajstić information content (AvgIpc) is 2.45. The van der Waals surface area contributed by atoms with Crippen LogP contribution in [0.2, 0.25) is 0 Å². The molecule has 0 radical (unpaired) electrons. The van der Waals surface area contributed by atoms with Crippen molar-refractivity contribution in [3.63, 3.8) is 0 Å². The highest BCUT2D eigenvalue weighted by Gasteiger charge is 2.33. The molecule has 0 bridgehead atoms. The first-order valence-corrected chi connectivity index (χ1v) is 7.45. The van der Waals surface area contributed by atoms with Crippen LogP contribution in [-0.4, -0.2) is 41.9 Å². The van der Waals surface area contributed by atoms with E-state index in [9.17, 15) is 9.59 Å². The maximum Gasteiger partial charge on any atom is 0.242 e. The van der Waals surface area contributed by atoms with E-state index in [-0.39, 0.29) is 17.9 Å². The minimum absolute atomic E-state index is 0.0233. The number of unbranched alkanes of at least 4 members (excludes halogenated alkanes) is 1. The van der Waals surface area contributed by atoms with Gasteiger partial charge in [0.15, 0.2) is 0 Å². The predicted molar refractivity (Wildman–Crippen MR) is 75.5 cm³/mol. The monoisotopic (exact) mass is 269 g/mol. The van der Waals surface area contributed by atoms with E-state index in [2.05, 4.69) is 12.2 Å². The Balaban J connectivity index is 2.61. The van der Waals surface area contributed by atoms with Crippen LogP contribution in [0.4, 0.5) is 0 Å². The lowest BCUT2D eigenvalue weighted by atomic mass is 9.99. The van der Waals surface area contributed by atoms with Gasteiger partial charge in [-0.2, -0.15) is 0 Å². The quantitative estimate of drug-likeness (QED) is 0.707. The van der Waals surface area contributed by atoms with Crippen molar-refractivity contribution in [3.8, 4) is 0 Å². The minimum Gasteiger partial charge on any atom is -0.354 e. The van der Waals surface area contributed by atoms with Crippen LogP contribution in [0.25, 0.3) is 0 Å². The fourth-order valence-electron chi connectivity index (χ4n) is 2.36. The summed E-state index contributed by atoms with van der Waals surface area (Å²) in [6.45, 7) is 5.32. The molecule has 5 nitrogen and oxygen atoms in total. The van der Waals surface area contributed by atoms with Gasteiger partial charge in [-0.05, 0) is 32.1 Å². The zero-order chi connectivity index (χ0) is 14.3. The Morgan fingerprint density at radius 3 is 2.74 bits per heavy atom. The van der Waals surface area contributed by atoms with Gasteiger partial charge in [-0.15, -0.1) is 0 Å². The topological polar surface area (TPSA) is 75.4 Å². The summed E-state index contributed by atoms with van der Waals surface area (Å²) in [5.74, 6) is -0.109. The van der Waals surface area contributed by atoms with Crippen LogP contribution in [0.15, 0.2) is 0 Å². The Morgan fingerprint density at radius 1 is 1.37 bits per heavy atom. The van der Waals surface area contributed by atoms with Crippen molar-refractivity contribution >= 4 is 11.8 Å². The standard InChI is InChI=1S/C14H27N3O2/c1-3-5-9-16-13(18)12-8-6-7-10-17(12)14(19)11(15)4-2/h11-12H,3-10,15H2,1-2H3,(H,16,18)/t11-,12-/m0/s1. The molecule has 1 saturated heterocycles. The van der Waals surface area contributed by atoms with Crippen molar-refractivity contribution in [2.45, 2.75) is 64.5 Å². The number of nitrogens with zero attached hydrogens (tertiary/aromatic N) is 1. The van der Waals surface area contributed by atoms with Gasteiger partial charge in [-0.1, -0.05) is 20.3 Å². The summed E-state index contributed by atoms with van der Waals surface area (Å²) in [6.07, 6.45) is 5.34. The van der Waals surface area contributed by atoms with Gasteiger partial charge in [0.2, 0.25) is 11.8 Å². The van der Waals surface area contributed by atoms with Crippen molar-refractivity contribution in [1.29, 1.82) is 0 Å². The van der Waals surface area contributed by atoms with E-state index in [4.69, 9.17) is 5.73 Å². The third-order valence-corrected chi connectivity index (χ3v) is 3.68. The van der Waals surface area contributed by atoms with Gasteiger partial charge in [0.25, 0.3) is 0 Å². The molecule has 1 aliphatic heterocycles. The molecule has 110 valence electrons. The first kappa shape index (κ1) is 16.0. The zero-order valence-electron chi connectivity index (χ0n) is 12.2. The SMILES string of the molecule is CCCCNC(=O)[C@@H]1CCCCN1C(=O)[C@@H](N)CC.